The van der Waals surface area contributed by atoms with E-state index in [9.17, 15) is 0 Å². The van der Waals surface area contributed by atoms with E-state index in [1.54, 1.807) is 37.4 Å². The Labute approximate surface area is 108 Å². The number of nitrogens with zero attached hydrogens (tertiary/aromatic N) is 1. The summed E-state index contributed by atoms with van der Waals surface area (Å²) < 4.78 is 11.4. The molecule has 0 aliphatic heterocycles. The van der Waals surface area contributed by atoms with E-state index >= 15 is 0 Å². The van der Waals surface area contributed by atoms with Crippen molar-refractivity contribution < 1.29 is 9.47 Å². The number of hydrogen-bond donors (Lipinski definition) is 1. The molecule has 0 spiro atoms. The van der Waals surface area contributed by atoms with E-state index in [0.29, 0.717) is 23.2 Å². The summed E-state index contributed by atoms with van der Waals surface area (Å²) >= 11 is 3.38. The third-order valence-electron chi connectivity index (χ3n) is 2.08. The lowest BCUT2D eigenvalue weighted by molar-refractivity contribution is 0.383. The molecule has 2 aromatic rings. The molecule has 5 heteroatoms. The number of benzene rings is 1. The van der Waals surface area contributed by atoms with Crippen LogP contribution in [0.1, 0.15) is 0 Å². The van der Waals surface area contributed by atoms with Gasteiger partial charge in [0.15, 0.2) is 0 Å². The minimum Gasteiger partial charge on any atom is -0.481 e. The molecule has 1 aromatic heterocycles. The highest BCUT2D eigenvalue weighted by Gasteiger charge is 2.05. The molecule has 2 rings (SSSR count). The van der Waals surface area contributed by atoms with E-state index in [1.807, 2.05) is 6.07 Å². The number of aromatic nitrogens is 1. The van der Waals surface area contributed by atoms with Crippen molar-refractivity contribution in [3.8, 4) is 17.5 Å². The minimum absolute atomic E-state index is 0.454. The molecule has 1 aromatic carbocycles. The van der Waals surface area contributed by atoms with Crippen LogP contribution in [0.2, 0.25) is 0 Å². The third kappa shape index (κ3) is 2.88. The molecular weight excluding hydrogens is 284 g/mol. The summed E-state index contributed by atoms with van der Waals surface area (Å²) in [6, 6.07) is 10.6. The second-order valence-electron chi connectivity index (χ2n) is 3.31. The fourth-order valence-electron chi connectivity index (χ4n) is 1.28. The van der Waals surface area contributed by atoms with Gasteiger partial charge in [-0.15, -0.1) is 0 Å². The quantitative estimate of drug-likeness (QED) is 0.883. The molecule has 1 heterocycles. The average Bonchev–Trinajstić information content (AvgIpc) is 2.34. The summed E-state index contributed by atoms with van der Waals surface area (Å²) in [6.07, 6.45) is 0. The van der Waals surface area contributed by atoms with Crippen molar-refractivity contribution >= 4 is 21.6 Å². The van der Waals surface area contributed by atoms with Crippen LogP contribution in [0.4, 0.5) is 5.69 Å². The number of ether oxygens (including phenoxy) is 2. The van der Waals surface area contributed by atoms with E-state index in [1.165, 1.54) is 0 Å². The molecule has 2 N–H and O–H groups in total. The standard InChI is InChI=1S/C12H11BrN2O2/c1-16-11-3-2-4-12(15-11)17-10-7-8(14)5-6-9(10)13/h2-7H,14H2,1H3. The van der Waals surface area contributed by atoms with Crippen molar-refractivity contribution in [2.75, 3.05) is 12.8 Å². The first kappa shape index (κ1) is 11.7. The van der Waals surface area contributed by atoms with Crippen molar-refractivity contribution in [2.45, 2.75) is 0 Å². The van der Waals surface area contributed by atoms with Gasteiger partial charge in [0.2, 0.25) is 11.8 Å². The van der Waals surface area contributed by atoms with E-state index in [4.69, 9.17) is 15.2 Å². The molecule has 0 unspecified atom stereocenters. The van der Waals surface area contributed by atoms with Gasteiger partial charge in [-0.05, 0) is 28.1 Å². The Balaban J connectivity index is 2.27. The lowest BCUT2D eigenvalue weighted by Crippen LogP contribution is -1.93. The van der Waals surface area contributed by atoms with Gasteiger partial charge in [-0.3, -0.25) is 0 Å². The van der Waals surface area contributed by atoms with Gasteiger partial charge in [0, 0.05) is 23.9 Å². The predicted molar refractivity (Wildman–Crippen MR) is 69.4 cm³/mol. The summed E-state index contributed by atoms with van der Waals surface area (Å²) in [6.45, 7) is 0. The van der Waals surface area contributed by atoms with Crippen molar-refractivity contribution in [3.05, 3.63) is 40.9 Å². The predicted octanol–water partition coefficient (Wildman–Crippen LogP) is 3.23. The fraction of sp³-hybridized carbons (Fsp3) is 0.0833. The van der Waals surface area contributed by atoms with Gasteiger partial charge in [0.1, 0.15) is 5.75 Å². The van der Waals surface area contributed by atoms with E-state index in [-0.39, 0.29) is 0 Å². The minimum atomic E-state index is 0.454. The molecular formula is C12H11BrN2O2. The molecule has 17 heavy (non-hydrogen) atoms. The zero-order valence-corrected chi connectivity index (χ0v) is 10.8. The fourth-order valence-corrected chi connectivity index (χ4v) is 1.60. The second kappa shape index (κ2) is 5.05. The van der Waals surface area contributed by atoms with Gasteiger partial charge >= 0.3 is 0 Å². The Kier molecular flexibility index (Phi) is 3.49. The number of nitrogen functional groups attached to an aromatic ring is 1. The van der Waals surface area contributed by atoms with Crippen LogP contribution in [0.3, 0.4) is 0 Å². The Hall–Kier alpha value is -1.75. The Bertz CT molecular complexity index is 532. The van der Waals surface area contributed by atoms with Crippen LogP contribution in [0, 0.1) is 0 Å². The van der Waals surface area contributed by atoms with Crippen LogP contribution >= 0.6 is 15.9 Å². The van der Waals surface area contributed by atoms with Gasteiger partial charge in [0.25, 0.3) is 0 Å². The summed E-state index contributed by atoms with van der Waals surface area (Å²) in [7, 11) is 1.56. The van der Waals surface area contributed by atoms with Crippen molar-refractivity contribution in [3.63, 3.8) is 0 Å². The molecule has 0 bridgehead atoms. The Morgan fingerprint density at radius 3 is 2.71 bits per heavy atom. The molecule has 0 saturated heterocycles. The number of rotatable bonds is 3. The first-order valence-electron chi connectivity index (χ1n) is 4.93. The van der Waals surface area contributed by atoms with Crippen molar-refractivity contribution in [2.24, 2.45) is 0 Å². The van der Waals surface area contributed by atoms with Gasteiger partial charge in [-0.2, -0.15) is 4.98 Å². The second-order valence-corrected chi connectivity index (χ2v) is 4.16. The first-order valence-corrected chi connectivity index (χ1v) is 5.72. The van der Waals surface area contributed by atoms with Gasteiger partial charge in [0.05, 0.1) is 11.6 Å². The molecule has 0 radical (unpaired) electrons. The molecule has 88 valence electrons. The molecule has 0 aliphatic carbocycles. The first-order chi connectivity index (χ1) is 8.19. The van der Waals surface area contributed by atoms with Crippen molar-refractivity contribution in [1.29, 1.82) is 0 Å². The highest BCUT2D eigenvalue weighted by atomic mass is 79.9. The van der Waals surface area contributed by atoms with Crippen LogP contribution in [-0.2, 0) is 0 Å². The smallest absolute Gasteiger partial charge is 0.222 e. The molecule has 4 nitrogen and oxygen atoms in total. The van der Waals surface area contributed by atoms with Gasteiger partial charge in [-0.25, -0.2) is 0 Å². The summed E-state index contributed by atoms with van der Waals surface area (Å²) in [4.78, 5) is 4.15. The maximum Gasteiger partial charge on any atom is 0.222 e. The van der Waals surface area contributed by atoms with E-state index in [2.05, 4.69) is 20.9 Å². The highest BCUT2D eigenvalue weighted by Crippen LogP contribution is 2.31. The lowest BCUT2D eigenvalue weighted by atomic mass is 10.3. The normalized spacial score (nSPS) is 10.0. The maximum absolute atomic E-state index is 5.69. The monoisotopic (exact) mass is 294 g/mol. The molecule has 0 atom stereocenters. The van der Waals surface area contributed by atoms with Gasteiger partial charge < -0.3 is 15.2 Å². The molecule has 0 amide bonds. The zero-order valence-electron chi connectivity index (χ0n) is 9.18. The van der Waals surface area contributed by atoms with Crippen molar-refractivity contribution in [1.82, 2.24) is 4.98 Å². The van der Waals surface area contributed by atoms with Crippen LogP contribution in [0.5, 0.6) is 17.5 Å². The summed E-state index contributed by atoms with van der Waals surface area (Å²) in [5.74, 6) is 1.57. The summed E-state index contributed by atoms with van der Waals surface area (Å²) in [5.41, 5.74) is 6.32. The number of anilines is 1. The largest absolute Gasteiger partial charge is 0.481 e. The van der Waals surface area contributed by atoms with Crippen LogP contribution in [0.25, 0.3) is 0 Å². The molecule has 0 fully saturated rings. The molecule has 0 saturated carbocycles. The van der Waals surface area contributed by atoms with Crippen LogP contribution < -0.4 is 15.2 Å². The number of methoxy groups -OCH3 is 1. The lowest BCUT2D eigenvalue weighted by Gasteiger charge is -2.08. The highest BCUT2D eigenvalue weighted by molar-refractivity contribution is 9.10. The van der Waals surface area contributed by atoms with E-state index in [0.717, 1.165) is 4.47 Å². The summed E-state index contributed by atoms with van der Waals surface area (Å²) in [5, 5.41) is 0. The average molecular weight is 295 g/mol. The van der Waals surface area contributed by atoms with Crippen LogP contribution in [-0.4, -0.2) is 12.1 Å². The number of nitrogens with two attached hydrogens (primary N) is 1. The maximum atomic E-state index is 5.69. The Morgan fingerprint density at radius 1 is 1.18 bits per heavy atom. The Morgan fingerprint density at radius 2 is 1.94 bits per heavy atom. The molecule has 0 aliphatic rings. The zero-order chi connectivity index (χ0) is 12.3. The third-order valence-corrected chi connectivity index (χ3v) is 2.73. The number of halogens is 1. The van der Waals surface area contributed by atoms with E-state index < -0.39 is 0 Å². The van der Waals surface area contributed by atoms with Crippen LogP contribution in [0.15, 0.2) is 40.9 Å². The number of pyridine rings is 1. The SMILES string of the molecule is COc1cccc(Oc2cc(N)ccc2Br)n1. The van der Waals surface area contributed by atoms with Gasteiger partial charge in [-0.1, -0.05) is 6.07 Å². The topological polar surface area (TPSA) is 57.4 Å². The number of hydrogen-bond acceptors (Lipinski definition) is 4.